The van der Waals surface area contributed by atoms with E-state index in [1.807, 2.05) is 38.1 Å². The number of methoxy groups -OCH3 is 2. The molecule has 1 aliphatic heterocycles. The van der Waals surface area contributed by atoms with Crippen LogP contribution in [0.2, 0.25) is 0 Å². The van der Waals surface area contributed by atoms with Crippen LogP contribution in [0.25, 0.3) is 0 Å². The second-order valence-electron chi connectivity index (χ2n) is 8.19. The molecule has 0 spiro atoms. The molecule has 1 aliphatic rings. The lowest BCUT2D eigenvalue weighted by Gasteiger charge is -2.38. The van der Waals surface area contributed by atoms with Crippen LogP contribution in [0.4, 0.5) is 0 Å². The molecule has 8 heteroatoms. The Morgan fingerprint density at radius 1 is 1.10 bits per heavy atom. The molecule has 1 saturated heterocycles. The first-order valence-electron chi connectivity index (χ1n) is 10.3. The molecule has 0 bridgehead atoms. The fraction of sp³-hybridized carbons (Fsp3) is 0.435. The van der Waals surface area contributed by atoms with Crippen LogP contribution in [-0.4, -0.2) is 45.9 Å². The molecule has 1 amide bonds. The Morgan fingerprint density at radius 2 is 1.77 bits per heavy atom. The molecule has 1 N–H and O–H groups in total. The lowest BCUT2D eigenvalue weighted by molar-refractivity contribution is -0.132. The van der Waals surface area contributed by atoms with Gasteiger partial charge in [0.2, 0.25) is 15.9 Å². The van der Waals surface area contributed by atoms with E-state index in [2.05, 4.69) is 5.32 Å². The van der Waals surface area contributed by atoms with E-state index in [1.54, 1.807) is 6.07 Å². The number of ether oxygens (including phenoxy) is 2. The van der Waals surface area contributed by atoms with Crippen molar-refractivity contribution < 1.29 is 22.7 Å². The van der Waals surface area contributed by atoms with Crippen molar-refractivity contribution in [1.29, 1.82) is 0 Å². The highest BCUT2D eigenvalue weighted by Crippen LogP contribution is 2.35. The van der Waals surface area contributed by atoms with Gasteiger partial charge in [0.15, 0.2) is 11.5 Å². The Morgan fingerprint density at radius 3 is 2.42 bits per heavy atom. The molecule has 1 fully saturated rings. The molecule has 0 aromatic heterocycles. The summed E-state index contributed by atoms with van der Waals surface area (Å²) in [5, 5.41) is 2.98. The largest absolute Gasteiger partial charge is 0.493 e. The molecular formula is C23H30N2O5S. The third-order valence-corrected chi connectivity index (χ3v) is 7.62. The summed E-state index contributed by atoms with van der Waals surface area (Å²) in [7, 11) is -0.818. The number of hydrogen-bond donors (Lipinski definition) is 1. The smallest absolute Gasteiger partial charge is 0.243 e. The van der Waals surface area contributed by atoms with E-state index < -0.39 is 15.4 Å². The SMILES string of the molecule is COc1ccc(S(=O)(=O)N2CCCC(C)(C(=O)NCc3ccc(C)cc3)C2)cc1OC. The number of benzene rings is 2. The van der Waals surface area contributed by atoms with Gasteiger partial charge in [-0.3, -0.25) is 4.79 Å². The molecule has 1 unspecified atom stereocenters. The van der Waals surface area contributed by atoms with E-state index in [9.17, 15) is 13.2 Å². The Hall–Kier alpha value is -2.58. The van der Waals surface area contributed by atoms with E-state index in [0.717, 1.165) is 11.1 Å². The summed E-state index contributed by atoms with van der Waals surface area (Å²) < 4.78 is 38.4. The van der Waals surface area contributed by atoms with Crippen LogP contribution < -0.4 is 14.8 Å². The number of carbonyl (C=O) groups excluding carboxylic acids is 1. The van der Waals surface area contributed by atoms with Gasteiger partial charge >= 0.3 is 0 Å². The summed E-state index contributed by atoms with van der Waals surface area (Å²) in [5.74, 6) is 0.667. The number of piperidine rings is 1. The summed E-state index contributed by atoms with van der Waals surface area (Å²) in [4.78, 5) is 13.1. The van der Waals surface area contributed by atoms with E-state index >= 15 is 0 Å². The Bertz CT molecular complexity index is 1040. The van der Waals surface area contributed by atoms with Gasteiger partial charge in [-0.2, -0.15) is 4.31 Å². The molecule has 31 heavy (non-hydrogen) atoms. The zero-order chi connectivity index (χ0) is 22.6. The lowest BCUT2D eigenvalue weighted by Crippen LogP contribution is -2.51. The van der Waals surface area contributed by atoms with Gasteiger partial charge < -0.3 is 14.8 Å². The molecule has 0 aliphatic carbocycles. The molecule has 2 aromatic rings. The normalized spacial score (nSPS) is 19.6. The number of rotatable bonds is 7. The third kappa shape index (κ3) is 5.02. The topological polar surface area (TPSA) is 84.9 Å². The van der Waals surface area contributed by atoms with E-state index in [1.165, 1.54) is 30.7 Å². The van der Waals surface area contributed by atoms with Crippen LogP contribution in [0.3, 0.4) is 0 Å². The predicted molar refractivity (Wildman–Crippen MR) is 119 cm³/mol. The Balaban J connectivity index is 1.74. The van der Waals surface area contributed by atoms with Crippen LogP contribution in [-0.2, 0) is 21.4 Å². The molecule has 168 valence electrons. The van der Waals surface area contributed by atoms with Gasteiger partial charge in [0.05, 0.1) is 24.5 Å². The minimum atomic E-state index is -3.78. The van der Waals surface area contributed by atoms with E-state index in [-0.39, 0.29) is 17.3 Å². The Kier molecular flexibility index (Phi) is 6.91. The van der Waals surface area contributed by atoms with Crippen molar-refractivity contribution in [3.05, 3.63) is 53.6 Å². The van der Waals surface area contributed by atoms with Crippen LogP contribution >= 0.6 is 0 Å². The monoisotopic (exact) mass is 446 g/mol. The van der Waals surface area contributed by atoms with E-state index in [4.69, 9.17) is 9.47 Å². The number of nitrogens with zero attached hydrogens (tertiary/aromatic N) is 1. The molecule has 3 rings (SSSR count). The first-order chi connectivity index (χ1) is 14.7. The first-order valence-corrected chi connectivity index (χ1v) is 11.7. The minimum Gasteiger partial charge on any atom is -0.493 e. The summed E-state index contributed by atoms with van der Waals surface area (Å²) in [6.07, 6.45) is 1.24. The first kappa shape index (κ1) is 23.1. The lowest BCUT2D eigenvalue weighted by atomic mass is 9.82. The molecule has 7 nitrogen and oxygen atoms in total. The summed E-state index contributed by atoms with van der Waals surface area (Å²) in [6.45, 7) is 4.75. The summed E-state index contributed by atoms with van der Waals surface area (Å²) >= 11 is 0. The van der Waals surface area contributed by atoms with Gasteiger partial charge in [-0.05, 0) is 44.4 Å². The second-order valence-corrected chi connectivity index (χ2v) is 10.1. The maximum Gasteiger partial charge on any atom is 0.243 e. The fourth-order valence-electron chi connectivity index (χ4n) is 3.81. The van der Waals surface area contributed by atoms with Crippen molar-refractivity contribution in [3.63, 3.8) is 0 Å². The van der Waals surface area contributed by atoms with Crippen LogP contribution in [0, 0.1) is 12.3 Å². The minimum absolute atomic E-state index is 0.120. The highest BCUT2D eigenvalue weighted by atomic mass is 32.2. The maximum absolute atomic E-state index is 13.3. The highest BCUT2D eigenvalue weighted by Gasteiger charge is 2.42. The molecule has 1 atom stereocenters. The standard InChI is InChI=1S/C23H30N2O5S/c1-17-6-8-18(9-7-17)15-24-22(26)23(2)12-5-13-25(16-23)31(27,28)19-10-11-20(29-3)21(14-19)30-4/h6-11,14H,5,12-13,15-16H2,1-4H3,(H,24,26). The zero-order valence-corrected chi connectivity index (χ0v) is 19.3. The third-order valence-electron chi connectivity index (χ3n) is 5.78. The number of hydrogen-bond acceptors (Lipinski definition) is 5. The van der Waals surface area contributed by atoms with E-state index in [0.29, 0.717) is 37.4 Å². The van der Waals surface area contributed by atoms with Crippen molar-refractivity contribution in [3.8, 4) is 11.5 Å². The van der Waals surface area contributed by atoms with Gasteiger partial charge in [0, 0.05) is 25.7 Å². The molecule has 2 aromatic carbocycles. The Labute approximate surface area is 184 Å². The van der Waals surface area contributed by atoms with Crippen molar-refractivity contribution >= 4 is 15.9 Å². The highest BCUT2D eigenvalue weighted by molar-refractivity contribution is 7.89. The molecule has 0 saturated carbocycles. The number of nitrogens with one attached hydrogen (secondary N) is 1. The average molecular weight is 447 g/mol. The van der Waals surface area contributed by atoms with Crippen molar-refractivity contribution in [2.24, 2.45) is 5.41 Å². The summed E-state index contributed by atoms with van der Waals surface area (Å²) in [5.41, 5.74) is 1.37. The van der Waals surface area contributed by atoms with Gasteiger partial charge in [-0.1, -0.05) is 29.8 Å². The fourth-order valence-corrected chi connectivity index (χ4v) is 5.43. The van der Waals surface area contributed by atoms with Crippen LogP contribution in [0.15, 0.2) is 47.4 Å². The zero-order valence-electron chi connectivity index (χ0n) is 18.5. The van der Waals surface area contributed by atoms with Crippen molar-refractivity contribution in [2.45, 2.75) is 38.1 Å². The number of carbonyl (C=O) groups is 1. The second kappa shape index (κ2) is 9.28. The quantitative estimate of drug-likeness (QED) is 0.706. The van der Waals surface area contributed by atoms with Crippen molar-refractivity contribution in [1.82, 2.24) is 9.62 Å². The maximum atomic E-state index is 13.3. The number of aryl methyl sites for hydroxylation is 1. The van der Waals surface area contributed by atoms with Gasteiger partial charge in [0.25, 0.3) is 0 Å². The van der Waals surface area contributed by atoms with Crippen LogP contribution in [0.1, 0.15) is 30.9 Å². The van der Waals surface area contributed by atoms with Gasteiger partial charge in [0.1, 0.15) is 0 Å². The number of sulfonamides is 1. The number of amides is 1. The van der Waals surface area contributed by atoms with Crippen LogP contribution in [0.5, 0.6) is 11.5 Å². The molecular weight excluding hydrogens is 416 g/mol. The van der Waals surface area contributed by atoms with Gasteiger partial charge in [-0.25, -0.2) is 8.42 Å². The van der Waals surface area contributed by atoms with Gasteiger partial charge in [-0.15, -0.1) is 0 Å². The van der Waals surface area contributed by atoms with Crippen molar-refractivity contribution in [2.75, 3.05) is 27.3 Å². The summed E-state index contributed by atoms with van der Waals surface area (Å²) in [6, 6.07) is 12.5. The predicted octanol–water partition coefficient (Wildman–Crippen LogP) is 3.12. The molecule has 1 heterocycles. The average Bonchev–Trinajstić information content (AvgIpc) is 2.77. The molecule has 0 radical (unpaired) electrons.